The van der Waals surface area contributed by atoms with Gasteiger partial charge in [-0.1, -0.05) is 23.7 Å². The summed E-state index contributed by atoms with van der Waals surface area (Å²) in [5, 5.41) is 2.92. The van der Waals surface area contributed by atoms with Gasteiger partial charge in [-0.25, -0.2) is 17.6 Å². The zero-order valence-corrected chi connectivity index (χ0v) is 23.6. The van der Waals surface area contributed by atoms with Gasteiger partial charge in [0.05, 0.1) is 9.92 Å². The second-order valence-electron chi connectivity index (χ2n) is 11.1. The normalized spacial score (nSPS) is 25.7. The number of carbonyl (C=O) groups excluding carboxylic acids is 1. The summed E-state index contributed by atoms with van der Waals surface area (Å²) in [7, 11) is -1.10. The fourth-order valence-electron chi connectivity index (χ4n) is 6.34. The van der Waals surface area contributed by atoms with E-state index in [-0.39, 0.29) is 22.5 Å². The molecule has 2 amide bonds. The molecule has 1 heterocycles. The van der Waals surface area contributed by atoms with Crippen LogP contribution < -0.4 is 5.32 Å². The molecule has 0 radical (unpaired) electrons. The van der Waals surface area contributed by atoms with E-state index in [2.05, 4.69) is 22.2 Å². The van der Waals surface area contributed by atoms with Crippen molar-refractivity contribution in [2.24, 2.45) is 5.92 Å². The molecule has 7 nitrogen and oxygen atoms in total. The minimum Gasteiger partial charge on any atom is -0.321 e. The number of rotatable bonds is 8. The van der Waals surface area contributed by atoms with Crippen molar-refractivity contribution in [2.75, 3.05) is 57.9 Å². The van der Waals surface area contributed by atoms with Crippen LogP contribution in [0.4, 0.5) is 14.9 Å². The van der Waals surface area contributed by atoms with Gasteiger partial charge in [-0.3, -0.25) is 0 Å². The Morgan fingerprint density at radius 2 is 1.87 bits per heavy atom. The van der Waals surface area contributed by atoms with E-state index in [1.54, 1.807) is 12.1 Å². The summed E-state index contributed by atoms with van der Waals surface area (Å²) < 4.78 is 37.5. The Labute approximate surface area is 229 Å². The van der Waals surface area contributed by atoms with Crippen molar-refractivity contribution in [3.63, 3.8) is 0 Å². The lowest BCUT2D eigenvalue weighted by molar-refractivity contribution is 0.140. The average molecular weight is 563 g/mol. The number of likely N-dealkylation sites (N-methyl/N-ethyl adjacent to an activating group) is 1. The number of hydrogen-bond acceptors (Lipinski definition) is 5. The molecule has 38 heavy (non-hydrogen) atoms. The zero-order chi connectivity index (χ0) is 27.1. The maximum absolute atomic E-state index is 13.7. The van der Waals surface area contributed by atoms with E-state index in [0.717, 1.165) is 64.0 Å². The van der Waals surface area contributed by atoms with Crippen molar-refractivity contribution in [1.82, 2.24) is 14.7 Å². The number of halogens is 2. The van der Waals surface area contributed by atoms with Gasteiger partial charge in [0.25, 0.3) is 0 Å². The van der Waals surface area contributed by atoms with Crippen LogP contribution in [0.1, 0.15) is 31.2 Å². The van der Waals surface area contributed by atoms with Gasteiger partial charge >= 0.3 is 6.03 Å². The van der Waals surface area contributed by atoms with Crippen molar-refractivity contribution in [3.8, 4) is 0 Å². The third kappa shape index (κ3) is 5.71. The van der Waals surface area contributed by atoms with E-state index < -0.39 is 15.7 Å². The lowest BCUT2D eigenvalue weighted by atomic mass is 9.93. The highest BCUT2D eigenvalue weighted by Crippen LogP contribution is 2.65. The van der Waals surface area contributed by atoms with Crippen LogP contribution in [0.15, 0.2) is 47.4 Å². The second-order valence-corrected chi connectivity index (χ2v) is 13.5. The predicted octanol–water partition coefficient (Wildman–Crippen LogP) is 4.47. The molecular formula is C28H36ClFN4O3S. The van der Waals surface area contributed by atoms with Gasteiger partial charge in [-0.2, -0.15) is 0 Å². The highest BCUT2D eigenvalue weighted by molar-refractivity contribution is 7.90. The quantitative estimate of drug-likeness (QED) is 0.514. The number of anilines is 1. The smallest absolute Gasteiger partial charge is 0.321 e. The van der Waals surface area contributed by atoms with Gasteiger partial charge in [0.1, 0.15) is 5.82 Å². The van der Waals surface area contributed by atoms with Gasteiger partial charge < -0.3 is 20.0 Å². The third-order valence-corrected chi connectivity index (χ3v) is 10.1. The van der Waals surface area contributed by atoms with Crippen LogP contribution in [0.5, 0.6) is 0 Å². The van der Waals surface area contributed by atoms with E-state index in [1.165, 1.54) is 24.5 Å². The molecule has 2 saturated carbocycles. The summed E-state index contributed by atoms with van der Waals surface area (Å²) in [5.41, 5.74) is 1.62. The van der Waals surface area contributed by atoms with E-state index in [4.69, 9.17) is 11.6 Å². The Kier molecular flexibility index (Phi) is 7.75. The molecule has 0 bridgehead atoms. The Bertz CT molecular complexity index is 1280. The molecule has 2 aliphatic carbocycles. The molecule has 5 rings (SSSR count). The molecule has 1 saturated heterocycles. The van der Waals surface area contributed by atoms with Gasteiger partial charge in [-0.05, 0) is 81.1 Å². The van der Waals surface area contributed by atoms with Crippen LogP contribution >= 0.6 is 11.6 Å². The number of hydrogen-bond donors (Lipinski definition) is 1. The van der Waals surface area contributed by atoms with Crippen LogP contribution in [-0.4, -0.2) is 87.8 Å². The molecule has 3 fully saturated rings. The lowest BCUT2D eigenvalue weighted by Crippen LogP contribution is -2.47. The molecule has 0 aromatic heterocycles. The number of benzene rings is 2. The molecule has 3 aliphatic rings. The molecule has 206 valence electrons. The monoisotopic (exact) mass is 562 g/mol. The number of amides is 2. The average Bonchev–Trinajstić information content (AvgIpc) is 3.51. The molecule has 2 aromatic rings. The first-order valence-electron chi connectivity index (χ1n) is 13.3. The fraction of sp³-hybridized carbons (Fsp3) is 0.536. The summed E-state index contributed by atoms with van der Waals surface area (Å²) >= 11 is 5.95. The molecule has 2 aromatic carbocycles. The van der Waals surface area contributed by atoms with Gasteiger partial charge in [-0.15, -0.1) is 0 Å². The summed E-state index contributed by atoms with van der Waals surface area (Å²) in [6.07, 6.45) is 4.94. The van der Waals surface area contributed by atoms with E-state index in [9.17, 15) is 17.6 Å². The first kappa shape index (κ1) is 27.4. The summed E-state index contributed by atoms with van der Waals surface area (Å²) in [6.45, 7) is 5.76. The number of piperazine rings is 1. The van der Waals surface area contributed by atoms with E-state index in [0.29, 0.717) is 23.0 Å². The Hall–Kier alpha value is -2.20. The fourth-order valence-corrected chi connectivity index (χ4v) is 7.15. The maximum Gasteiger partial charge on any atom is 0.322 e. The Morgan fingerprint density at radius 1 is 1.16 bits per heavy atom. The number of carbonyl (C=O) groups is 1. The summed E-state index contributed by atoms with van der Waals surface area (Å²) in [6, 6.07) is 11.4. The zero-order valence-electron chi connectivity index (χ0n) is 22.0. The lowest BCUT2D eigenvalue weighted by Gasteiger charge is -2.34. The predicted molar refractivity (Wildman–Crippen MR) is 148 cm³/mol. The molecule has 3 atom stereocenters. The van der Waals surface area contributed by atoms with Gasteiger partial charge in [0.15, 0.2) is 9.84 Å². The van der Waals surface area contributed by atoms with E-state index in [1.807, 2.05) is 17.0 Å². The SMILES string of the molecule is CN1CCN(CCCN(C(=O)Nc2ccc(F)c(Cl)c2)[C@@H]2CC[C@]3(c4ccc(S(C)(=O)=O)cc4)C[C@H]23)CC1. The van der Waals surface area contributed by atoms with Gasteiger partial charge in [0, 0.05) is 56.1 Å². The van der Waals surface area contributed by atoms with Crippen LogP contribution in [0.3, 0.4) is 0 Å². The molecule has 0 spiro atoms. The number of nitrogens with one attached hydrogen (secondary N) is 1. The molecule has 0 unspecified atom stereocenters. The van der Waals surface area contributed by atoms with E-state index >= 15 is 0 Å². The summed E-state index contributed by atoms with van der Waals surface area (Å²) in [5.74, 6) is -0.188. The molecular weight excluding hydrogens is 527 g/mol. The molecule has 1 N–H and O–H groups in total. The van der Waals surface area contributed by atoms with Crippen molar-refractivity contribution in [1.29, 1.82) is 0 Å². The Balaban J connectivity index is 1.30. The third-order valence-electron chi connectivity index (χ3n) is 8.64. The van der Waals surface area contributed by atoms with Crippen LogP contribution in [0, 0.1) is 11.7 Å². The Morgan fingerprint density at radius 3 is 2.50 bits per heavy atom. The first-order valence-corrected chi connectivity index (χ1v) is 15.6. The van der Waals surface area contributed by atoms with Crippen LogP contribution in [0.25, 0.3) is 0 Å². The first-order chi connectivity index (χ1) is 18.1. The minimum atomic E-state index is -3.24. The van der Waals surface area contributed by atoms with Crippen LogP contribution in [-0.2, 0) is 15.3 Å². The molecule has 10 heteroatoms. The topological polar surface area (TPSA) is 73.0 Å². The van der Waals surface area contributed by atoms with Crippen molar-refractivity contribution < 1.29 is 17.6 Å². The number of sulfone groups is 1. The summed E-state index contributed by atoms with van der Waals surface area (Å²) in [4.78, 5) is 20.7. The van der Waals surface area contributed by atoms with Crippen molar-refractivity contribution in [3.05, 3.63) is 58.9 Å². The van der Waals surface area contributed by atoms with Crippen molar-refractivity contribution >= 4 is 33.2 Å². The highest BCUT2D eigenvalue weighted by Gasteiger charge is 2.64. The standard InChI is InChI=1S/C28H36ClFN4O3S/c1-32-14-16-33(17-15-32)12-3-13-34(27(35)31-21-6-9-25(30)24(29)18-21)26-10-11-28(19-23(26)28)20-4-7-22(8-5-20)38(2,36)37/h4-9,18,23,26H,3,10-17,19H2,1-2H3,(H,31,35)/t23-,26-,28-/m1/s1. The van der Waals surface area contributed by atoms with Crippen molar-refractivity contribution in [2.45, 2.75) is 42.0 Å². The number of nitrogens with zero attached hydrogens (tertiary/aromatic N) is 3. The van der Waals surface area contributed by atoms with Crippen LogP contribution in [0.2, 0.25) is 5.02 Å². The second kappa shape index (κ2) is 10.8. The largest absolute Gasteiger partial charge is 0.322 e. The molecule has 1 aliphatic heterocycles. The number of fused-ring (bicyclic) bond motifs is 1. The van der Waals surface area contributed by atoms with Gasteiger partial charge in [0.2, 0.25) is 0 Å². The highest BCUT2D eigenvalue weighted by atomic mass is 35.5. The minimum absolute atomic E-state index is 0.00410. The maximum atomic E-state index is 13.7. The number of urea groups is 1.